The second-order valence-electron chi connectivity index (χ2n) is 3.51. The third kappa shape index (κ3) is 4.12. The van der Waals surface area contributed by atoms with Gasteiger partial charge in [-0.2, -0.15) is 8.78 Å². The first-order chi connectivity index (χ1) is 7.63. The van der Waals surface area contributed by atoms with Crippen molar-refractivity contribution in [3.8, 4) is 5.75 Å². The van der Waals surface area contributed by atoms with E-state index in [1.54, 1.807) is 18.2 Å². The Bertz CT molecular complexity index is 321. The molecule has 1 aromatic rings. The molecule has 0 aliphatic rings. The van der Waals surface area contributed by atoms with Gasteiger partial charge in [0.2, 0.25) is 0 Å². The molecule has 2 N–H and O–H groups in total. The van der Waals surface area contributed by atoms with Gasteiger partial charge in [0, 0.05) is 25.2 Å². The number of hydrogen-bond acceptors (Lipinski definition) is 3. The van der Waals surface area contributed by atoms with Crippen molar-refractivity contribution in [2.45, 2.75) is 13.2 Å². The van der Waals surface area contributed by atoms with Crippen molar-refractivity contribution in [3.63, 3.8) is 0 Å². The molecule has 0 aliphatic carbocycles. The van der Waals surface area contributed by atoms with E-state index in [0.29, 0.717) is 19.6 Å². The molecule has 0 aromatic heterocycles. The second-order valence-corrected chi connectivity index (χ2v) is 3.51. The molecule has 0 amide bonds. The minimum Gasteiger partial charge on any atom is -0.434 e. The molecular formula is C11H16F2N2O. The Morgan fingerprint density at radius 1 is 1.38 bits per heavy atom. The zero-order valence-corrected chi connectivity index (χ0v) is 9.20. The van der Waals surface area contributed by atoms with E-state index < -0.39 is 6.61 Å². The van der Waals surface area contributed by atoms with Crippen molar-refractivity contribution < 1.29 is 13.5 Å². The fraction of sp³-hybridized carbons (Fsp3) is 0.455. The Hall–Kier alpha value is -1.20. The van der Waals surface area contributed by atoms with Gasteiger partial charge >= 0.3 is 6.61 Å². The van der Waals surface area contributed by atoms with Gasteiger partial charge in [-0.25, -0.2) is 0 Å². The zero-order valence-electron chi connectivity index (χ0n) is 9.20. The van der Waals surface area contributed by atoms with Crippen LogP contribution in [0.5, 0.6) is 5.75 Å². The van der Waals surface area contributed by atoms with Crippen LogP contribution >= 0.6 is 0 Å². The lowest BCUT2D eigenvalue weighted by Gasteiger charge is -2.17. The van der Waals surface area contributed by atoms with Gasteiger partial charge in [0.25, 0.3) is 0 Å². The molecule has 0 radical (unpaired) electrons. The van der Waals surface area contributed by atoms with Crippen LogP contribution in [0.25, 0.3) is 0 Å². The third-order valence-corrected chi connectivity index (χ3v) is 2.14. The van der Waals surface area contributed by atoms with Crippen LogP contribution in [-0.2, 0) is 6.54 Å². The van der Waals surface area contributed by atoms with Crippen molar-refractivity contribution in [2.75, 3.05) is 20.1 Å². The van der Waals surface area contributed by atoms with Gasteiger partial charge in [0.05, 0.1) is 0 Å². The number of benzene rings is 1. The lowest BCUT2D eigenvalue weighted by molar-refractivity contribution is -0.0507. The molecule has 0 saturated carbocycles. The Balaban J connectivity index is 2.70. The largest absolute Gasteiger partial charge is 0.434 e. The van der Waals surface area contributed by atoms with Gasteiger partial charge in [-0.1, -0.05) is 18.2 Å². The predicted molar refractivity (Wildman–Crippen MR) is 58.5 cm³/mol. The Labute approximate surface area is 93.8 Å². The summed E-state index contributed by atoms with van der Waals surface area (Å²) in [7, 11) is 1.88. The lowest BCUT2D eigenvalue weighted by Crippen LogP contribution is -2.25. The van der Waals surface area contributed by atoms with Crippen molar-refractivity contribution in [1.82, 2.24) is 4.90 Å². The topological polar surface area (TPSA) is 38.5 Å². The first-order valence-corrected chi connectivity index (χ1v) is 5.05. The molecule has 0 atom stereocenters. The number of hydrogen-bond donors (Lipinski definition) is 1. The highest BCUT2D eigenvalue weighted by Gasteiger charge is 2.10. The molecule has 5 heteroatoms. The SMILES string of the molecule is CN(CCN)Cc1ccccc1OC(F)F. The fourth-order valence-electron chi connectivity index (χ4n) is 1.44. The van der Waals surface area contributed by atoms with Crippen molar-refractivity contribution in [3.05, 3.63) is 29.8 Å². The van der Waals surface area contributed by atoms with Crippen LogP contribution in [0.3, 0.4) is 0 Å². The van der Waals surface area contributed by atoms with Gasteiger partial charge in [-0.05, 0) is 13.1 Å². The van der Waals surface area contributed by atoms with E-state index in [9.17, 15) is 8.78 Å². The molecule has 16 heavy (non-hydrogen) atoms. The summed E-state index contributed by atoms with van der Waals surface area (Å²) < 4.78 is 28.7. The number of halogens is 2. The van der Waals surface area contributed by atoms with Crippen LogP contribution < -0.4 is 10.5 Å². The number of alkyl halides is 2. The van der Waals surface area contributed by atoms with Crippen molar-refractivity contribution >= 4 is 0 Å². The molecule has 0 bridgehead atoms. The van der Waals surface area contributed by atoms with E-state index >= 15 is 0 Å². The number of rotatable bonds is 6. The summed E-state index contributed by atoms with van der Waals surface area (Å²) in [5.41, 5.74) is 6.14. The molecule has 1 rings (SSSR count). The first kappa shape index (κ1) is 12.9. The fourth-order valence-corrected chi connectivity index (χ4v) is 1.44. The summed E-state index contributed by atoms with van der Waals surface area (Å²) in [6.45, 7) is -1.00. The van der Waals surface area contributed by atoms with E-state index in [4.69, 9.17) is 5.73 Å². The number of para-hydroxylation sites is 1. The molecule has 90 valence electrons. The molecule has 1 aromatic carbocycles. The smallest absolute Gasteiger partial charge is 0.387 e. The quantitative estimate of drug-likeness (QED) is 0.808. The summed E-state index contributed by atoms with van der Waals surface area (Å²) in [4.78, 5) is 1.95. The molecule has 0 heterocycles. The van der Waals surface area contributed by atoms with Crippen LogP contribution in [0.15, 0.2) is 24.3 Å². The summed E-state index contributed by atoms with van der Waals surface area (Å²) in [5, 5.41) is 0. The van der Waals surface area contributed by atoms with E-state index in [2.05, 4.69) is 4.74 Å². The highest BCUT2D eigenvalue weighted by atomic mass is 19.3. The predicted octanol–water partition coefficient (Wildman–Crippen LogP) is 1.68. The lowest BCUT2D eigenvalue weighted by atomic mass is 10.2. The van der Waals surface area contributed by atoms with Crippen LogP contribution in [-0.4, -0.2) is 31.6 Å². The van der Waals surface area contributed by atoms with Crippen LogP contribution in [0.4, 0.5) is 8.78 Å². The summed E-state index contributed by atoms with van der Waals surface area (Å²) >= 11 is 0. The summed E-state index contributed by atoms with van der Waals surface area (Å²) in [6, 6.07) is 6.77. The van der Waals surface area contributed by atoms with E-state index in [1.807, 2.05) is 11.9 Å². The molecule has 0 unspecified atom stereocenters. The number of nitrogens with two attached hydrogens (primary N) is 1. The third-order valence-electron chi connectivity index (χ3n) is 2.14. The van der Waals surface area contributed by atoms with Crippen molar-refractivity contribution in [1.29, 1.82) is 0 Å². The second kappa shape index (κ2) is 6.40. The van der Waals surface area contributed by atoms with Gasteiger partial charge < -0.3 is 15.4 Å². The maximum Gasteiger partial charge on any atom is 0.387 e. The van der Waals surface area contributed by atoms with Gasteiger partial charge in [0.15, 0.2) is 0 Å². The minimum absolute atomic E-state index is 0.223. The van der Waals surface area contributed by atoms with E-state index in [0.717, 1.165) is 5.56 Å². The highest BCUT2D eigenvalue weighted by Crippen LogP contribution is 2.21. The van der Waals surface area contributed by atoms with E-state index in [1.165, 1.54) is 6.07 Å². The molecule has 0 fully saturated rings. The van der Waals surface area contributed by atoms with E-state index in [-0.39, 0.29) is 5.75 Å². The standard InChI is InChI=1S/C11H16F2N2O/c1-15(7-6-14)8-9-4-2-3-5-10(9)16-11(12)13/h2-5,11H,6-8,14H2,1H3. The first-order valence-electron chi connectivity index (χ1n) is 5.05. The van der Waals surface area contributed by atoms with Crippen LogP contribution in [0.2, 0.25) is 0 Å². The molecular weight excluding hydrogens is 214 g/mol. The molecule has 0 aliphatic heterocycles. The highest BCUT2D eigenvalue weighted by molar-refractivity contribution is 5.33. The maximum atomic E-state index is 12.1. The normalized spacial score (nSPS) is 11.1. The summed E-state index contributed by atoms with van der Waals surface area (Å²) in [6.07, 6.45) is 0. The van der Waals surface area contributed by atoms with Gasteiger partial charge in [0.1, 0.15) is 5.75 Å². The zero-order chi connectivity index (χ0) is 12.0. The average molecular weight is 230 g/mol. The Morgan fingerprint density at radius 2 is 2.06 bits per heavy atom. The number of nitrogens with zero attached hydrogens (tertiary/aromatic N) is 1. The minimum atomic E-state index is -2.79. The molecule has 0 saturated heterocycles. The van der Waals surface area contributed by atoms with Gasteiger partial charge in [-0.3, -0.25) is 0 Å². The number of likely N-dealkylation sites (N-methyl/N-ethyl adjacent to an activating group) is 1. The number of ether oxygens (including phenoxy) is 1. The molecule has 0 spiro atoms. The van der Waals surface area contributed by atoms with Crippen molar-refractivity contribution in [2.24, 2.45) is 5.73 Å². The summed E-state index contributed by atoms with van der Waals surface area (Å²) in [5.74, 6) is 0.223. The monoisotopic (exact) mass is 230 g/mol. The Kier molecular flexibility index (Phi) is 5.14. The molecule has 3 nitrogen and oxygen atoms in total. The average Bonchev–Trinajstić information content (AvgIpc) is 2.20. The van der Waals surface area contributed by atoms with Crippen LogP contribution in [0.1, 0.15) is 5.56 Å². The van der Waals surface area contributed by atoms with Gasteiger partial charge in [-0.15, -0.1) is 0 Å². The Morgan fingerprint density at radius 3 is 2.69 bits per heavy atom. The van der Waals surface area contributed by atoms with Crippen LogP contribution in [0, 0.1) is 0 Å². The maximum absolute atomic E-state index is 12.1.